The first kappa shape index (κ1) is 15.2. The minimum absolute atomic E-state index is 0.147. The highest BCUT2D eigenvalue weighted by molar-refractivity contribution is 6.82. The van der Waals surface area contributed by atoms with Gasteiger partial charge in [0.05, 0.1) is 18.9 Å². The predicted molar refractivity (Wildman–Crippen MR) is 71.1 cm³/mol. The summed E-state index contributed by atoms with van der Waals surface area (Å²) in [7, 11) is 0. The van der Waals surface area contributed by atoms with Gasteiger partial charge in [-0.25, -0.2) is 9.18 Å². The number of benzene rings is 1. The van der Waals surface area contributed by atoms with Gasteiger partial charge < -0.3 is 9.47 Å². The molecule has 0 radical (unpaired) electrons. The largest absolute Gasteiger partial charge is 0.491 e. The van der Waals surface area contributed by atoms with Crippen LogP contribution in [0.15, 0.2) is 23.3 Å². The third-order valence-corrected chi connectivity index (χ3v) is 2.20. The molecule has 7 heteroatoms. The number of carbonyl (C=O) groups excluding carboxylic acids is 1. The SMILES string of the molecule is CCOC(=O)/C(Cl)=N\Nc1ccc(OCC)c(F)c1. The van der Waals surface area contributed by atoms with E-state index in [0.29, 0.717) is 12.3 Å². The van der Waals surface area contributed by atoms with Crippen LogP contribution in [0.3, 0.4) is 0 Å². The van der Waals surface area contributed by atoms with Crippen LogP contribution in [0, 0.1) is 5.82 Å². The molecule has 19 heavy (non-hydrogen) atoms. The standard InChI is InChI=1S/C12H14ClFN2O3/c1-3-18-10-6-5-8(7-9(10)14)15-16-11(13)12(17)19-4-2/h5-7,15H,3-4H2,1-2H3/b16-11+. The molecule has 0 heterocycles. The Kier molecular flexibility index (Phi) is 6.08. The summed E-state index contributed by atoms with van der Waals surface area (Å²) < 4.78 is 23.2. The summed E-state index contributed by atoms with van der Waals surface area (Å²) in [4.78, 5) is 11.2. The van der Waals surface area contributed by atoms with Gasteiger partial charge in [-0.1, -0.05) is 11.6 Å². The van der Waals surface area contributed by atoms with Gasteiger partial charge in [0, 0.05) is 6.07 Å². The Labute approximate surface area is 115 Å². The van der Waals surface area contributed by atoms with Crippen molar-refractivity contribution in [2.45, 2.75) is 13.8 Å². The molecule has 0 unspecified atom stereocenters. The van der Waals surface area contributed by atoms with Crippen molar-refractivity contribution in [1.82, 2.24) is 0 Å². The van der Waals surface area contributed by atoms with Crippen LogP contribution in [-0.4, -0.2) is 24.4 Å². The van der Waals surface area contributed by atoms with Crippen molar-refractivity contribution in [2.24, 2.45) is 5.10 Å². The van der Waals surface area contributed by atoms with Crippen molar-refractivity contribution in [2.75, 3.05) is 18.6 Å². The van der Waals surface area contributed by atoms with Gasteiger partial charge in [0.2, 0.25) is 5.17 Å². The number of esters is 1. The number of ether oxygens (including phenoxy) is 2. The molecule has 1 N–H and O–H groups in total. The second-order valence-corrected chi connectivity index (χ2v) is 3.67. The Morgan fingerprint density at radius 1 is 1.42 bits per heavy atom. The molecule has 0 saturated carbocycles. The Morgan fingerprint density at radius 3 is 2.74 bits per heavy atom. The Hall–Kier alpha value is -1.82. The maximum atomic E-state index is 13.5. The van der Waals surface area contributed by atoms with Crippen LogP contribution >= 0.6 is 11.6 Å². The molecule has 0 amide bonds. The summed E-state index contributed by atoms with van der Waals surface area (Å²) in [5.41, 5.74) is 2.79. The summed E-state index contributed by atoms with van der Waals surface area (Å²) in [6.45, 7) is 3.98. The summed E-state index contributed by atoms with van der Waals surface area (Å²) in [5.74, 6) is -1.13. The zero-order valence-corrected chi connectivity index (χ0v) is 11.3. The highest BCUT2D eigenvalue weighted by Crippen LogP contribution is 2.21. The number of nitrogens with zero attached hydrogens (tertiary/aromatic N) is 1. The number of rotatable bonds is 6. The molecular weight excluding hydrogens is 275 g/mol. The van der Waals surface area contributed by atoms with E-state index < -0.39 is 11.8 Å². The molecule has 5 nitrogen and oxygen atoms in total. The van der Waals surface area contributed by atoms with Gasteiger partial charge in [-0.05, 0) is 26.0 Å². The second kappa shape index (κ2) is 7.58. The predicted octanol–water partition coefficient (Wildman–Crippen LogP) is 2.75. The van der Waals surface area contributed by atoms with Crippen molar-refractivity contribution in [3.63, 3.8) is 0 Å². The summed E-state index contributed by atoms with van der Waals surface area (Å²) in [5, 5.41) is 3.22. The van der Waals surface area contributed by atoms with E-state index in [0.717, 1.165) is 0 Å². The van der Waals surface area contributed by atoms with Gasteiger partial charge in [-0.3, -0.25) is 5.43 Å². The molecule has 0 aliphatic carbocycles. The second-order valence-electron chi connectivity index (χ2n) is 3.31. The maximum absolute atomic E-state index is 13.5. The van der Waals surface area contributed by atoms with Crippen molar-refractivity contribution in [1.29, 1.82) is 0 Å². The first-order valence-electron chi connectivity index (χ1n) is 5.67. The van der Waals surface area contributed by atoms with E-state index in [1.54, 1.807) is 19.9 Å². The van der Waals surface area contributed by atoms with E-state index in [4.69, 9.17) is 16.3 Å². The van der Waals surface area contributed by atoms with E-state index in [1.807, 2.05) is 0 Å². The number of hydrogen-bond acceptors (Lipinski definition) is 5. The Bertz CT molecular complexity index is 480. The highest BCUT2D eigenvalue weighted by atomic mass is 35.5. The fraction of sp³-hybridized carbons (Fsp3) is 0.333. The van der Waals surface area contributed by atoms with Crippen LogP contribution in [-0.2, 0) is 9.53 Å². The zero-order chi connectivity index (χ0) is 14.3. The van der Waals surface area contributed by atoms with Crippen molar-refractivity contribution < 1.29 is 18.7 Å². The molecule has 0 atom stereocenters. The molecule has 1 rings (SSSR count). The highest BCUT2D eigenvalue weighted by Gasteiger charge is 2.09. The van der Waals surface area contributed by atoms with Gasteiger partial charge in [0.1, 0.15) is 0 Å². The normalized spacial score (nSPS) is 11.1. The molecule has 0 aromatic heterocycles. The van der Waals surface area contributed by atoms with E-state index in [1.165, 1.54) is 12.1 Å². The molecule has 0 spiro atoms. The molecule has 0 fully saturated rings. The Morgan fingerprint density at radius 2 is 2.16 bits per heavy atom. The van der Waals surface area contributed by atoms with Gasteiger partial charge >= 0.3 is 5.97 Å². The van der Waals surface area contributed by atoms with E-state index >= 15 is 0 Å². The van der Waals surface area contributed by atoms with E-state index in [9.17, 15) is 9.18 Å². The van der Waals surface area contributed by atoms with Crippen LogP contribution in [0.4, 0.5) is 10.1 Å². The fourth-order valence-corrected chi connectivity index (χ4v) is 1.29. The van der Waals surface area contributed by atoms with Crippen LogP contribution in [0.25, 0.3) is 0 Å². The van der Waals surface area contributed by atoms with E-state index in [2.05, 4.69) is 15.3 Å². The van der Waals surface area contributed by atoms with Crippen molar-refractivity contribution in [3.8, 4) is 5.75 Å². The molecule has 1 aromatic carbocycles. The first-order chi connectivity index (χ1) is 9.08. The van der Waals surface area contributed by atoms with Gasteiger partial charge in [0.25, 0.3) is 0 Å². The quantitative estimate of drug-likeness (QED) is 0.497. The zero-order valence-electron chi connectivity index (χ0n) is 10.6. The number of hydrazone groups is 1. The molecule has 0 bridgehead atoms. The van der Waals surface area contributed by atoms with E-state index in [-0.39, 0.29) is 17.5 Å². The van der Waals surface area contributed by atoms with Gasteiger partial charge in [-0.15, -0.1) is 0 Å². The van der Waals surface area contributed by atoms with Crippen molar-refractivity contribution >= 4 is 28.4 Å². The number of anilines is 1. The summed E-state index contributed by atoms with van der Waals surface area (Å²) in [6, 6.07) is 4.19. The molecule has 0 aliphatic heterocycles. The van der Waals surface area contributed by atoms with Gasteiger partial charge in [0.15, 0.2) is 11.6 Å². The third-order valence-electron chi connectivity index (χ3n) is 1.96. The molecule has 1 aromatic rings. The molecular formula is C12H14ClFN2O3. The topological polar surface area (TPSA) is 59.9 Å². The number of carbonyl (C=O) groups is 1. The third kappa shape index (κ3) is 4.75. The van der Waals surface area contributed by atoms with Crippen LogP contribution < -0.4 is 10.2 Å². The summed E-state index contributed by atoms with van der Waals surface area (Å²) in [6.07, 6.45) is 0. The van der Waals surface area contributed by atoms with Gasteiger partial charge in [-0.2, -0.15) is 5.10 Å². The molecule has 0 aliphatic rings. The lowest BCUT2D eigenvalue weighted by atomic mass is 10.3. The van der Waals surface area contributed by atoms with Crippen LogP contribution in [0.5, 0.6) is 5.75 Å². The Balaban J connectivity index is 2.70. The monoisotopic (exact) mass is 288 g/mol. The van der Waals surface area contributed by atoms with Crippen LogP contribution in [0.1, 0.15) is 13.8 Å². The average molecular weight is 289 g/mol. The number of hydrogen-bond donors (Lipinski definition) is 1. The van der Waals surface area contributed by atoms with Crippen molar-refractivity contribution in [3.05, 3.63) is 24.0 Å². The first-order valence-corrected chi connectivity index (χ1v) is 6.05. The lowest BCUT2D eigenvalue weighted by Gasteiger charge is -2.06. The maximum Gasteiger partial charge on any atom is 0.370 e. The van der Waals surface area contributed by atoms with Crippen LogP contribution in [0.2, 0.25) is 0 Å². The minimum atomic E-state index is -0.747. The lowest BCUT2D eigenvalue weighted by molar-refractivity contribution is -0.134. The summed E-state index contributed by atoms with van der Waals surface area (Å²) >= 11 is 5.58. The minimum Gasteiger partial charge on any atom is -0.491 e. The lowest BCUT2D eigenvalue weighted by Crippen LogP contribution is -2.13. The molecule has 0 saturated heterocycles. The average Bonchev–Trinajstić information content (AvgIpc) is 2.39. The smallest absolute Gasteiger partial charge is 0.370 e. The fourth-order valence-electron chi connectivity index (χ4n) is 1.19. The number of halogens is 2. The number of nitrogens with one attached hydrogen (secondary N) is 1. The molecule has 104 valence electrons.